The van der Waals surface area contributed by atoms with Crippen LogP contribution in [-0.4, -0.2) is 81.9 Å². The van der Waals surface area contributed by atoms with Crippen molar-refractivity contribution < 1.29 is 42.0 Å². The largest absolute Gasteiger partial charge is 0.497 e. The Hall–Kier alpha value is -3.68. The van der Waals surface area contributed by atoms with Crippen LogP contribution in [-0.2, 0) is 37.3 Å². The summed E-state index contributed by atoms with van der Waals surface area (Å²) in [4.78, 5) is 13.3. The first-order valence-electron chi connectivity index (χ1n) is 15.9. The van der Waals surface area contributed by atoms with Crippen LogP contribution < -0.4 is 14.8 Å². The molecule has 12 heteroatoms. The van der Waals surface area contributed by atoms with E-state index >= 15 is 0 Å². The van der Waals surface area contributed by atoms with Gasteiger partial charge in [0, 0.05) is 13.1 Å². The van der Waals surface area contributed by atoms with Crippen LogP contribution in [0.5, 0.6) is 11.5 Å². The van der Waals surface area contributed by atoms with E-state index in [9.17, 15) is 18.3 Å². The summed E-state index contributed by atoms with van der Waals surface area (Å²) in [5.74, 6) is 1.12. The summed E-state index contributed by atoms with van der Waals surface area (Å²) >= 11 is 0. The third-order valence-electron chi connectivity index (χ3n) is 8.30. The summed E-state index contributed by atoms with van der Waals surface area (Å²) in [6.45, 7) is 4.91. The fourth-order valence-electron chi connectivity index (χ4n) is 5.78. The predicted octanol–water partition coefficient (Wildman–Crippen LogP) is 4.38. The van der Waals surface area contributed by atoms with Crippen LogP contribution in [0.3, 0.4) is 0 Å². The van der Waals surface area contributed by atoms with E-state index in [1.54, 1.807) is 12.1 Å². The zero-order valence-corrected chi connectivity index (χ0v) is 27.8. The van der Waals surface area contributed by atoms with E-state index in [2.05, 4.69) is 5.32 Å². The number of alkyl carbamates (subject to hydrolysis) is 1. The fraction of sp³-hybridized carbons (Fsp3) is 0.457. The van der Waals surface area contributed by atoms with E-state index in [0.717, 1.165) is 17.5 Å². The molecule has 254 valence electrons. The van der Waals surface area contributed by atoms with Gasteiger partial charge in [0.2, 0.25) is 10.0 Å². The summed E-state index contributed by atoms with van der Waals surface area (Å²) in [5.41, 5.74) is 1.85. The molecule has 3 aromatic rings. The van der Waals surface area contributed by atoms with Crippen molar-refractivity contribution in [2.45, 2.75) is 62.7 Å². The van der Waals surface area contributed by atoms with E-state index in [-0.39, 0.29) is 49.1 Å². The van der Waals surface area contributed by atoms with Gasteiger partial charge in [0.05, 0.1) is 43.3 Å². The molecule has 2 saturated heterocycles. The van der Waals surface area contributed by atoms with E-state index in [0.29, 0.717) is 24.7 Å². The van der Waals surface area contributed by atoms with Gasteiger partial charge in [0.25, 0.3) is 0 Å². The van der Waals surface area contributed by atoms with Crippen LogP contribution in [0, 0.1) is 11.8 Å². The molecule has 2 aliphatic rings. The number of nitrogens with zero attached hydrogens (tertiary/aromatic N) is 1. The standard InChI is InChI=1S/C35H44N2O9S/c1-24(2)20-37(47(40,41)29-15-13-27(42-3)14-16-29)21-32(38)31(36-35(39)46-33-23-45-34-30(33)17-18-43-34)19-25-9-11-28(12-10-25)44-22-26-7-5-4-6-8-26/h4-16,24,30-34,38H,17-23H2,1-3H3,(H,36,39)/t30?,31-,32+,33-,34+/m0/s1. The highest BCUT2D eigenvalue weighted by Crippen LogP contribution is 2.33. The second-order valence-electron chi connectivity index (χ2n) is 12.3. The first-order valence-corrected chi connectivity index (χ1v) is 17.3. The van der Waals surface area contributed by atoms with Crippen LogP contribution in [0.1, 0.15) is 31.4 Å². The highest BCUT2D eigenvalue weighted by atomic mass is 32.2. The van der Waals surface area contributed by atoms with E-state index in [1.807, 2.05) is 68.4 Å². The quantitative estimate of drug-likeness (QED) is 0.242. The molecule has 1 unspecified atom stereocenters. The summed E-state index contributed by atoms with van der Waals surface area (Å²) < 4.78 is 56.8. The van der Waals surface area contributed by atoms with Gasteiger partial charge in [-0.2, -0.15) is 4.31 Å². The van der Waals surface area contributed by atoms with Crippen LogP contribution in [0.15, 0.2) is 83.8 Å². The Morgan fingerprint density at radius 3 is 2.34 bits per heavy atom. The minimum Gasteiger partial charge on any atom is -0.497 e. The number of carbonyl (C=O) groups excluding carboxylic acids is 1. The molecular formula is C35H44N2O9S. The first-order chi connectivity index (χ1) is 22.6. The zero-order chi connectivity index (χ0) is 33.4. The van der Waals surface area contributed by atoms with Crippen molar-refractivity contribution in [3.8, 4) is 11.5 Å². The molecule has 0 aliphatic carbocycles. The molecule has 2 heterocycles. The zero-order valence-electron chi connectivity index (χ0n) is 27.0. The monoisotopic (exact) mass is 668 g/mol. The van der Waals surface area contributed by atoms with E-state index < -0.39 is 34.4 Å². The summed E-state index contributed by atoms with van der Waals surface area (Å²) in [6.07, 6.45) is -1.92. The van der Waals surface area contributed by atoms with Crippen LogP contribution in [0.2, 0.25) is 0 Å². The Labute approximate surface area is 276 Å². The molecule has 0 saturated carbocycles. The molecule has 2 fully saturated rings. The Balaban J connectivity index is 1.31. The molecule has 5 rings (SSSR count). The van der Waals surface area contributed by atoms with Crippen molar-refractivity contribution in [1.29, 1.82) is 0 Å². The third-order valence-corrected chi connectivity index (χ3v) is 10.1. The lowest BCUT2D eigenvalue weighted by atomic mass is 10.0. The van der Waals surface area contributed by atoms with Crippen molar-refractivity contribution in [2.75, 3.05) is 33.4 Å². The fourth-order valence-corrected chi connectivity index (χ4v) is 7.40. The molecular weight excluding hydrogens is 624 g/mol. The molecule has 0 bridgehead atoms. The smallest absolute Gasteiger partial charge is 0.407 e. The second-order valence-corrected chi connectivity index (χ2v) is 14.2. The number of amides is 1. The van der Waals surface area contributed by atoms with Crippen molar-refractivity contribution in [3.63, 3.8) is 0 Å². The number of rotatable bonds is 15. The molecule has 2 N–H and O–H groups in total. The van der Waals surface area contributed by atoms with Gasteiger partial charge in [-0.15, -0.1) is 0 Å². The molecule has 2 aliphatic heterocycles. The number of methoxy groups -OCH3 is 1. The maximum atomic E-state index is 13.8. The molecule has 11 nitrogen and oxygen atoms in total. The van der Waals surface area contributed by atoms with Crippen molar-refractivity contribution in [1.82, 2.24) is 9.62 Å². The van der Waals surface area contributed by atoms with E-state index in [1.165, 1.54) is 23.5 Å². The van der Waals surface area contributed by atoms with Gasteiger partial charge in [0.15, 0.2) is 6.29 Å². The number of fused-ring (bicyclic) bond motifs is 1. The Morgan fingerprint density at radius 1 is 0.957 bits per heavy atom. The topological polar surface area (TPSA) is 133 Å². The highest BCUT2D eigenvalue weighted by molar-refractivity contribution is 7.89. The predicted molar refractivity (Wildman–Crippen MR) is 175 cm³/mol. The average Bonchev–Trinajstić information content (AvgIpc) is 3.69. The minimum atomic E-state index is -3.99. The van der Waals surface area contributed by atoms with Gasteiger partial charge in [-0.1, -0.05) is 56.3 Å². The van der Waals surface area contributed by atoms with Crippen molar-refractivity contribution in [3.05, 3.63) is 90.0 Å². The number of hydrogen-bond acceptors (Lipinski definition) is 9. The van der Waals surface area contributed by atoms with Crippen molar-refractivity contribution >= 4 is 16.1 Å². The normalized spacial score (nSPS) is 20.5. The number of carbonyl (C=O) groups is 1. The SMILES string of the molecule is COc1ccc(S(=O)(=O)N(CC(C)C)C[C@@H](O)[C@H](Cc2ccc(OCc3ccccc3)cc2)NC(=O)O[C@H]2CO[C@H]3OCCC32)cc1. The highest BCUT2D eigenvalue weighted by Gasteiger charge is 2.44. The van der Waals surface area contributed by atoms with Crippen molar-refractivity contribution in [2.24, 2.45) is 11.8 Å². The molecule has 1 amide bonds. The molecule has 3 aromatic carbocycles. The van der Waals surface area contributed by atoms with Crippen LogP contribution >= 0.6 is 0 Å². The minimum absolute atomic E-state index is 0.0287. The van der Waals surface area contributed by atoms with Crippen LogP contribution in [0.4, 0.5) is 4.79 Å². The molecule has 5 atom stereocenters. The summed E-state index contributed by atoms with van der Waals surface area (Å²) in [7, 11) is -2.48. The number of benzene rings is 3. The molecule has 0 radical (unpaired) electrons. The van der Waals surface area contributed by atoms with Gasteiger partial charge >= 0.3 is 6.09 Å². The van der Waals surface area contributed by atoms with Gasteiger partial charge in [0.1, 0.15) is 24.2 Å². The van der Waals surface area contributed by atoms with Gasteiger partial charge in [-0.05, 0) is 66.3 Å². The number of ether oxygens (including phenoxy) is 5. The summed E-state index contributed by atoms with van der Waals surface area (Å²) in [6, 6.07) is 22.4. The van der Waals surface area contributed by atoms with Gasteiger partial charge in [-0.3, -0.25) is 0 Å². The lowest BCUT2D eigenvalue weighted by Gasteiger charge is -2.31. The maximum Gasteiger partial charge on any atom is 0.407 e. The molecule has 0 spiro atoms. The summed E-state index contributed by atoms with van der Waals surface area (Å²) in [5, 5.41) is 14.4. The van der Waals surface area contributed by atoms with Gasteiger partial charge < -0.3 is 34.1 Å². The number of aliphatic hydroxyl groups is 1. The lowest BCUT2D eigenvalue weighted by Crippen LogP contribution is -2.51. The Morgan fingerprint density at radius 2 is 1.66 bits per heavy atom. The van der Waals surface area contributed by atoms with Crippen LogP contribution in [0.25, 0.3) is 0 Å². The molecule has 0 aromatic heterocycles. The molecule has 47 heavy (non-hydrogen) atoms. The number of aliphatic hydroxyl groups excluding tert-OH is 1. The van der Waals surface area contributed by atoms with E-state index in [4.69, 9.17) is 23.7 Å². The Kier molecular flexibility index (Phi) is 11.8. The third kappa shape index (κ3) is 9.23. The van der Waals surface area contributed by atoms with Gasteiger partial charge in [-0.25, -0.2) is 13.2 Å². The number of nitrogens with one attached hydrogen (secondary N) is 1. The number of hydrogen-bond donors (Lipinski definition) is 2. The number of sulfonamides is 1. The average molecular weight is 669 g/mol. The Bertz CT molecular complexity index is 1540. The first kappa shape index (κ1) is 34.6. The maximum absolute atomic E-state index is 13.8. The lowest BCUT2D eigenvalue weighted by molar-refractivity contribution is -0.0907. The second kappa shape index (κ2) is 15.9.